The fourth-order valence-electron chi connectivity index (χ4n) is 1.30. The molecule has 1 aromatic heterocycles. The van der Waals surface area contributed by atoms with Gasteiger partial charge in [0.1, 0.15) is 0 Å². The third-order valence-corrected chi connectivity index (χ3v) is 2.06. The second kappa shape index (κ2) is 3.69. The molecule has 0 fully saturated rings. The van der Waals surface area contributed by atoms with Crippen molar-refractivity contribution in [2.24, 2.45) is 4.99 Å². The molecular weight excluding hydrogens is 178 g/mol. The van der Waals surface area contributed by atoms with Crippen molar-refractivity contribution in [2.75, 3.05) is 18.4 Å². The van der Waals surface area contributed by atoms with Gasteiger partial charge < -0.3 is 10.6 Å². The van der Waals surface area contributed by atoms with E-state index in [0.717, 1.165) is 24.9 Å². The van der Waals surface area contributed by atoms with Crippen molar-refractivity contribution in [2.45, 2.75) is 19.9 Å². The molecule has 0 unspecified atom stereocenters. The van der Waals surface area contributed by atoms with Gasteiger partial charge in [-0.05, 0) is 13.8 Å². The Balaban J connectivity index is 2.02. The van der Waals surface area contributed by atoms with Crippen molar-refractivity contribution in [1.29, 1.82) is 0 Å². The van der Waals surface area contributed by atoms with Gasteiger partial charge in [0.05, 0.1) is 6.54 Å². The van der Waals surface area contributed by atoms with Gasteiger partial charge in [-0.1, -0.05) is 0 Å². The molecule has 76 valence electrons. The zero-order valence-electron chi connectivity index (χ0n) is 8.49. The van der Waals surface area contributed by atoms with E-state index in [1.807, 2.05) is 16.9 Å². The van der Waals surface area contributed by atoms with Gasteiger partial charge in [0.2, 0.25) is 0 Å². The smallest absolute Gasteiger partial charge is 0.197 e. The monoisotopic (exact) mass is 193 g/mol. The number of aliphatic imine (C=N–C) groups is 1. The van der Waals surface area contributed by atoms with Gasteiger partial charge in [0.25, 0.3) is 0 Å². The van der Waals surface area contributed by atoms with E-state index in [2.05, 4.69) is 34.6 Å². The molecule has 0 aromatic carbocycles. The van der Waals surface area contributed by atoms with Gasteiger partial charge in [-0.2, -0.15) is 5.10 Å². The Bertz CT molecular complexity index is 339. The molecule has 0 bridgehead atoms. The van der Waals surface area contributed by atoms with Gasteiger partial charge in [-0.25, -0.2) is 0 Å². The molecule has 0 radical (unpaired) electrons. The minimum atomic E-state index is 0.393. The van der Waals surface area contributed by atoms with Crippen LogP contribution in [0.25, 0.3) is 0 Å². The highest BCUT2D eigenvalue weighted by molar-refractivity contribution is 5.93. The molecule has 14 heavy (non-hydrogen) atoms. The number of nitrogens with one attached hydrogen (secondary N) is 2. The lowest BCUT2D eigenvalue weighted by Crippen LogP contribution is -2.26. The SMILES string of the molecule is CC(C)n1ccc(NC2=NCCN2)n1. The minimum Gasteiger partial charge on any atom is -0.354 e. The quantitative estimate of drug-likeness (QED) is 0.731. The molecule has 0 saturated heterocycles. The maximum absolute atomic E-state index is 4.36. The molecule has 1 aliphatic rings. The highest BCUT2D eigenvalue weighted by atomic mass is 15.3. The zero-order valence-corrected chi connectivity index (χ0v) is 8.49. The molecule has 2 N–H and O–H groups in total. The molecule has 2 rings (SSSR count). The normalized spacial score (nSPS) is 15.5. The van der Waals surface area contributed by atoms with Crippen LogP contribution in [0.15, 0.2) is 17.3 Å². The highest BCUT2D eigenvalue weighted by Crippen LogP contribution is 2.08. The second-order valence-corrected chi connectivity index (χ2v) is 3.56. The van der Waals surface area contributed by atoms with E-state index in [4.69, 9.17) is 0 Å². The van der Waals surface area contributed by atoms with Gasteiger partial charge in [-0.3, -0.25) is 9.67 Å². The number of guanidine groups is 1. The summed E-state index contributed by atoms with van der Waals surface area (Å²) >= 11 is 0. The van der Waals surface area contributed by atoms with Crippen molar-refractivity contribution in [3.05, 3.63) is 12.3 Å². The van der Waals surface area contributed by atoms with E-state index < -0.39 is 0 Å². The van der Waals surface area contributed by atoms with E-state index >= 15 is 0 Å². The number of anilines is 1. The van der Waals surface area contributed by atoms with E-state index in [1.165, 1.54) is 0 Å². The number of nitrogens with zero attached hydrogens (tertiary/aromatic N) is 3. The van der Waals surface area contributed by atoms with Gasteiger partial charge in [0, 0.05) is 24.8 Å². The molecule has 0 atom stereocenters. The van der Waals surface area contributed by atoms with E-state index in [-0.39, 0.29) is 0 Å². The van der Waals surface area contributed by atoms with Crippen molar-refractivity contribution in [1.82, 2.24) is 15.1 Å². The van der Waals surface area contributed by atoms with Crippen molar-refractivity contribution >= 4 is 11.8 Å². The summed E-state index contributed by atoms with van der Waals surface area (Å²) in [6, 6.07) is 2.34. The van der Waals surface area contributed by atoms with Crippen molar-refractivity contribution in [3.8, 4) is 0 Å². The van der Waals surface area contributed by atoms with Crippen LogP contribution < -0.4 is 10.6 Å². The first-order chi connectivity index (χ1) is 6.75. The van der Waals surface area contributed by atoms with Crippen molar-refractivity contribution in [3.63, 3.8) is 0 Å². The summed E-state index contributed by atoms with van der Waals surface area (Å²) < 4.78 is 1.91. The van der Waals surface area contributed by atoms with Crippen LogP contribution in [0, 0.1) is 0 Å². The molecule has 1 aliphatic heterocycles. The third-order valence-electron chi connectivity index (χ3n) is 2.06. The van der Waals surface area contributed by atoms with E-state index in [0.29, 0.717) is 6.04 Å². The van der Waals surface area contributed by atoms with Crippen LogP contribution in [-0.4, -0.2) is 28.8 Å². The standard InChI is InChI=1S/C9H15N5/c1-7(2)14-6-3-8(13-14)12-9-10-4-5-11-9/h3,6-7H,4-5H2,1-2H3,(H2,10,11,12,13). The Labute approximate surface area is 83.2 Å². The summed E-state index contributed by atoms with van der Waals surface area (Å²) in [6.45, 7) is 5.95. The largest absolute Gasteiger partial charge is 0.354 e. The molecule has 5 nitrogen and oxygen atoms in total. The minimum absolute atomic E-state index is 0.393. The molecule has 0 saturated carbocycles. The first-order valence-electron chi connectivity index (χ1n) is 4.86. The Morgan fingerprint density at radius 2 is 2.43 bits per heavy atom. The van der Waals surface area contributed by atoms with Crippen LogP contribution in [-0.2, 0) is 0 Å². The first kappa shape index (κ1) is 9.05. The first-order valence-corrected chi connectivity index (χ1v) is 4.86. The Morgan fingerprint density at radius 1 is 1.57 bits per heavy atom. The molecule has 5 heteroatoms. The topological polar surface area (TPSA) is 54.2 Å². The average molecular weight is 193 g/mol. The number of rotatable bonds is 2. The molecule has 0 amide bonds. The maximum atomic E-state index is 4.36. The van der Waals surface area contributed by atoms with Gasteiger partial charge in [-0.15, -0.1) is 0 Å². The molecule has 2 heterocycles. The third kappa shape index (κ3) is 1.86. The lowest BCUT2D eigenvalue weighted by Gasteiger charge is -2.05. The van der Waals surface area contributed by atoms with Crippen LogP contribution in [0.5, 0.6) is 0 Å². The van der Waals surface area contributed by atoms with Crippen LogP contribution in [0.2, 0.25) is 0 Å². The van der Waals surface area contributed by atoms with Crippen LogP contribution in [0.1, 0.15) is 19.9 Å². The van der Waals surface area contributed by atoms with Crippen LogP contribution >= 0.6 is 0 Å². The Morgan fingerprint density at radius 3 is 3.00 bits per heavy atom. The van der Waals surface area contributed by atoms with Crippen LogP contribution in [0.3, 0.4) is 0 Å². The average Bonchev–Trinajstić information content (AvgIpc) is 2.75. The van der Waals surface area contributed by atoms with Gasteiger partial charge in [0.15, 0.2) is 11.8 Å². The maximum Gasteiger partial charge on any atom is 0.197 e. The van der Waals surface area contributed by atoms with Crippen molar-refractivity contribution < 1.29 is 0 Å². The summed E-state index contributed by atoms with van der Waals surface area (Å²) in [5.41, 5.74) is 0. The molecule has 0 aliphatic carbocycles. The van der Waals surface area contributed by atoms with E-state index in [9.17, 15) is 0 Å². The number of aromatic nitrogens is 2. The number of hydrogen-bond acceptors (Lipinski definition) is 4. The lowest BCUT2D eigenvalue weighted by molar-refractivity contribution is 0.534. The van der Waals surface area contributed by atoms with Gasteiger partial charge >= 0.3 is 0 Å². The second-order valence-electron chi connectivity index (χ2n) is 3.56. The number of hydrogen-bond donors (Lipinski definition) is 2. The molecule has 1 aromatic rings. The predicted molar refractivity (Wildman–Crippen MR) is 56.5 cm³/mol. The highest BCUT2D eigenvalue weighted by Gasteiger charge is 2.07. The summed E-state index contributed by atoms with van der Waals surface area (Å²) in [7, 11) is 0. The lowest BCUT2D eigenvalue weighted by atomic mass is 10.4. The summed E-state index contributed by atoms with van der Waals surface area (Å²) in [5.74, 6) is 1.66. The summed E-state index contributed by atoms with van der Waals surface area (Å²) in [4.78, 5) is 4.23. The Hall–Kier alpha value is -1.52. The van der Waals surface area contributed by atoms with Crippen LogP contribution in [0.4, 0.5) is 5.82 Å². The zero-order chi connectivity index (χ0) is 9.97. The van der Waals surface area contributed by atoms with E-state index in [1.54, 1.807) is 0 Å². The fourth-order valence-corrected chi connectivity index (χ4v) is 1.30. The molecule has 0 spiro atoms. The summed E-state index contributed by atoms with van der Waals surface area (Å²) in [5, 5.41) is 10.6. The fraction of sp³-hybridized carbons (Fsp3) is 0.556. The molecular formula is C9H15N5. The predicted octanol–water partition coefficient (Wildman–Crippen LogP) is 0.835. The summed E-state index contributed by atoms with van der Waals surface area (Å²) in [6.07, 6.45) is 1.96. The Kier molecular flexibility index (Phi) is 2.39.